The number of carbonyl (C=O) groups excluding carboxylic acids is 1. The van der Waals surface area contributed by atoms with Crippen molar-refractivity contribution >= 4 is 12.0 Å². The van der Waals surface area contributed by atoms with Gasteiger partial charge in [-0.1, -0.05) is 13.8 Å². The number of hydrogen-bond donors (Lipinski definition) is 2. The van der Waals surface area contributed by atoms with Crippen molar-refractivity contribution in [2.45, 2.75) is 39.3 Å². The third-order valence-corrected chi connectivity index (χ3v) is 2.58. The van der Waals surface area contributed by atoms with E-state index in [0.717, 1.165) is 0 Å². The lowest BCUT2D eigenvalue weighted by molar-refractivity contribution is -0.139. The first-order valence-electron chi connectivity index (χ1n) is 6.05. The van der Waals surface area contributed by atoms with Gasteiger partial charge in [-0.05, 0) is 19.3 Å². The van der Waals surface area contributed by atoms with Gasteiger partial charge in [0.2, 0.25) is 0 Å². The Kier molecular flexibility index (Phi) is 7.35. The zero-order chi connectivity index (χ0) is 14.3. The fourth-order valence-electron chi connectivity index (χ4n) is 1.50. The summed E-state index contributed by atoms with van der Waals surface area (Å²) in [6.07, 6.45) is 0.323. The van der Waals surface area contributed by atoms with Crippen molar-refractivity contribution in [3.8, 4) is 0 Å². The van der Waals surface area contributed by atoms with Crippen LogP contribution < -0.4 is 5.32 Å². The Labute approximate surface area is 108 Å². The first-order valence-corrected chi connectivity index (χ1v) is 6.05. The van der Waals surface area contributed by atoms with Gasteiger partial charge in [-0.25, -0.2) is 9.59 Å². The average Bonchev–Trinajstić information content (AvgIpc) is 2.26. The highest BCUT2D eigenvalue weighted by atomic mass is 16.5. The predicted molar refractivity (Wildman–Crippen MR) is 68.5 cm³/mol. The molecule has 6 nitrogen and oxygen atoms in total. The van der Waals surface area contributed by atoms with E-state index in [1.165, 1.54) is 4.90 Å². The van der Waals surface area contributed by atoms with Crippen molar-refractivity contribution < 1.29 is 19.4 Å². The van der Waals surface area contributed by atoms with E-state index in [1.807, 2.05) is 20.8 Å². The molecule has 1 unspecified atom stereocenters. The molecule has 106 valence electrons. The van der Waals surface area contributed by atoms with Gasteiger partial charge in [-0.3, -0.25) is 0 Å². The fourth-order valence-corrected chi connectivity index (χ4v) is 1.50. The summed E-state index contributed by atoms with van der Waals surface area (Å²) in [5.41, 5.74) is 0. The predicted octanol–water partition coefficient (Wildman–Crippen LogP) is 1.16. The van der Waals surface area contributed by atoms with Gasteiger partial charge in [0.05, 0.1) is 6.10 Å². The Balaban J connectivity index is 4.36. The smallest absolute Gasteiger partial charge is 0.326 e. The van der Waals surface area contributed by atoms with E-state index in [9.17, 15) is 9.59 Å². The van der Waals surface area contributed by atoms with Gasteiger partial charge in [0.1, 0.15) is 6.04 Å². The minimum absolute atomic E-state index is 0.0888. The topological polar surface area (TPSA) is 78.9 Å². The third-order valence-electron chi connectivity index (χ3n) is 2.58. The van der Waals surface area contributed by atoms with Crippen molar-refractivity contribution in [2.24, 2.45) is 5.92 Å². The highest BCUT2D eigenvalue weighted by molar-refractivity contribution is 5.82. The van der Waals surface area contributed by atoms with Crippen LogP contribution in [-0.2, 0) is 9.53 Å². The minimum atomic E-state index is -1.01. The number of ether oxygens (including phenoxy) is 1. The average molecular weight is 260 g/mol. The number of methoxy groups -OCH3 is 1. The molecule has 0 aliphatic carbocycles. The Morgan fingerprint density at radius 3 is 2.28 bits per heavy atom. The second kappa shape index (κ2) is 7.92. The SMILES string of the molecule is COC(C)CN(C)C(=O)N[C@H](CC(C)C)C(=O)O. The number of urea groups is 1. The molecule has 0 fully saturated rings. The van der Waals surface area contributed by atoms with E-state index < -0.39 is 18.0 Å². The number of nitrogens with zero attached hydrogens (tertiary/aromatic N) is 1. The lowest BCUT2D eigenvalue weighted by Crippen LogP contribution is -2.48. The van der Waals surface area contributed by atoms with Gasteiger partial charge in [-0.2, -0.15) is 0 Å². The molecule has 0 aromatic heterocycles. The number of rotatable bonds is 7. The summed E-state index contributed by atoms with van der Waals surface area (Å²) in [7, 11) is 3.17. The van der Waals surface area contributed by atoms with Gasteiger partial charge in [0.25, 0.3) is 0 Å². The normalized spacial score (nSPS) is 14.1. The van der Waals surface area contributed by atoms with E-state index in [4.69, 9.17) is 9.84 Å². The molecule has 0 rings (SSSR count). The molecule has 18 heavy (non-hydrogen) atoms. The maximum atomic E-state index is 11.8. The van der Waals surface area contributed by atoms with Crippen LogP contribution in [0.1, 0.15) is 27.2 Å². The Bertz CT molecular complexity index is 281. The Morgan fingerprint density at radius 2 is 1.89 bits per heavy atom. The van der Waals surface area contributed by atoms with Crippen molar-refractivity contribution in [1.82, 2.24) is 10.2 Å². The van der Waals surface area contributed by atoms with Crippen LogP contribution in [-0.4, -0.2) is 54.9 Å². The monoisotopic (exact) mass is 260 g/mol. The summed E-state index contributed by atoms with van der Waals surface area (Å²) in [5, 5.41) is 11.5. The highest BCUT2D eigenvalue weighted by Gasteiger charge is 2.23. The molecule has 0 bridgehead atoms. The van der Waals surface area contributed by atoms with Crippen LogP contribution in [0.2, 0.25) is 0 Å². The number of carbonyl (C=O) groups is 2. The molecule has 0 heterocycles. The minimum Gasteiger partial charge on any atom is -0.480 e. The largest absolute Gasteiger partial charge is 0.480 e. The van der Waals surface area contributed by atoms with Gasteiger partial charge in [0.15, 0.2) is 0 Å². The number of aliphatic carboxylic acids is 1. The fraction of sp³-hybridized carbons (Fsp3) is 0.833. The van der Waals surface area contributed by atoms with E-state index in [-0.39, 0.29) is 12.0 Å². The number of carboxylic acids is 1. The van der Waals surface area contributed by atoms with Crippen molar-refractivity contribution in [1.29, 1.82) is 0 Å². The van der Waals surface area contributed by atoms with Crippen molar-refractivity contribution in [3.63, 3.8) is 0 Å². The molecule has 2 atom stereocenters. The van der Waals surface area contributed by atoms with Crippen LogP contribution in [0.4, 0.5) is 4.79 Å². The zero-order valence-corrected chi connectivity index (χ0v) is 11.8. The first-order chi connectivity index (χ1) is 8.27. The lowest BCUT2D eigenvalue weighted by atomic mass is 10.0. The van der Waals surface area contributed by atoms with E-state index in [0.29, 0.717) is 13.0 Å². The Hall–Kier alpha value is -1.30. The molecular weight excluding hydrogens is 236 g/mol. The molecule has 6 heteroatoms. The molecule has 0 aromatic carbocycles. The molecule has 0 aliphatic heterocycles. The van der Waals surface area contributed by atoms with Gasteiger partial charge < -0.3 is 20.1 Å². The van der Waals surface area contributed by atoms with E-state index >= 15 is 0 Å². The van der Waals surface area contributed by atoms with Crippen LogP contribution in [0.25, 0.3) is 0 Å². The number of nitrogens with one attached hydrogen (secondary N) is 1. The van der Waals surface area contributed by atoms with Crippen LogP contribution in [0.3, 0.4) is 0 Å². The van der Waals surface area contributed by atoms with Gasteiger partial charge >= 0.3 is 12.0 Å². The van der Waals surface area contributed by atoms with Gasteiger partial charge in [0, 0.05) is 20.7 Å². The Morgan fingerprint density at radius 1 is 1.33 bits per heavy atom. The summed E-state index contributed by atoms with van der Waals surface area (Å²) in [5.74, 6) is -0.806. The van der Waals surface area contributed by atoms with Crippen LogP contribution in [0, 0.1) is 5.92 Å². The van der Waals surface area contributed by atoms with Crippen LogP contribution >= 0.6 is 0 Å². The third kappa shape index (κ3) is 6.44. The summed E-state index contributed by atoms with van der Waals surface area (Å²) < 4.78 is 5.05. The quantitative estimate of drug-likeness (QED) is 0.720. The van der Waals surface area contributed by atoms with Crippen LogP contribution in [0.15, 0.2) is 0 Å². The highest BCUT2D eigenvalue weighted by Crippen LogP contribution is 2.05. The number of likely N-dealkylation sites (N-methyl/N-ethyl adjacent to an activating group) is 1. The molecule has 0 saturated carbocycles. The van der Waals surface area contributed by atoms with E-state index in [2.05, 4.69) is 5.32 Å². The maximum absolute atomic E-state index is 11.8. The summed E-state index contributed by atoms with van der Waals surface area (Å²) >= 11 is 0. The molecule has 0 aromatic rings. The van der Waals surface area contributed by atoms with Gasteiger partial charge in [-0.15, -0.1) is 0 Å². The number of hydrogen-bond acceptors (Lipinski definition) is 3. The molecular formula is C12H24N2O4. The second-order valence-corrected chi connectivity index (χ2v) is 4.90. The summed E-state index contributed by atoms with van der Waals surface area (Å²) in [6, 6.07) is -1.25. The van der Waals surface area contributed by atoms with Crippen molar-refractivity contribution in [3.05, 3.63) is 0 Å². The molecule has 0 saturated heterocycles. The molecule has 0 spiro atoms. The number of carboxylic acid groups (broad SMARTS) is 1. The van der Waals surface area contributed by atoms with E-state index in [1.54, 1.807) is 14.2 Å². The maximum Gasteiger partial charge on any atom is 0.326 e. The van der Waals surface area contributed by atoms with Crippen LogP contribution in [0.5, 0.6) is 0 Å². The first kappa shape index (κ1) is 16.7. The summed E-state index contributed by atoms with van der Waals surface area (Å²) in [6.45, 7) is 6.08. The standard InChI is InChI=1S/C12H24N2O4/c1-8(2)6-10(11(15)16)13-12(17)14(4)7-9(3)18-5/h8-10H,6-7H2,1-5H3,(H,13,17)(H,15,16)/t9?,10-/m1/s1. The summed E-state index contributed by atoms with van der Waals surface area (Å²) in [4.78, 5) is 24.2. The lowest BCUT2D eigenvalue weighted by Gasteiger charge is -2.24. The molecule has 0 radical (unpaired) electrons. The second-order valence-electron chi connectivity index (χ2n) is 4.90. The zero-order valence-electron chi connectivity index (χ0n) is 11.8. The molecule has 0 aliphatic rings. The number of amides is 2. The molecule has 2 N–H and O–H groups in total. The van der Waals surface area contributed by atoms with Crippen molar-refractivity contribution in [2.75, 3.05) is 20.7 Å². The molecule has 2 amide bonds.